The first-order chi connectivity index (χ1) is 6.63. The Hall–Kier alpha value is -1.13. The number of hydrogen-bond donors (Lipinski definition) is 2. The summed E-state index contributed by atoms with van der Waals surface area (Å²) in [6.45, 7) is 3.80. The van der Waals surface area contributed by atoms with E-state index in [0.717, 1.165) is 5.56 Å². The number of nitrogens with two attached hydrogens (primary N) is 1. The van der Waals surface area contributed by atoms with Crippen molar-refractivity contribution in [1.82, 2.24) is 4.98 Å². The van der Waals surface area contributed by atoms with Crippen molar-refractivity contribution in [3.63, 3.8) is 0 Å². The summed E-state index contributed by atoms with van der Waals surface area (Å²) < 4.78 is 5.45. The van der Waals surface area contributed by atoms with Crippen LogP contribution in [0.4, 0.5) is 0 Å². The minimum Gasteiger partial charge on any atom is -0.489 e. The quantitative estimate of drug-likeness (QED) is 0.749. The van der Waals surface area contributed by atoms with Gasteiger partial charge in [-0.2, -0.15) is 0 Å². The standard InChI is InChI=1S/C10H16N2O2/c1-7(2)14-9-3-8(4-12-5-9)10(11)6-13/h3-5,7,10,13H,6,11H2,1-2H3. The van der Waals surface area contributed by atoms with Crippen molar-refractivity contribution < 1.29 is 9.84 Å². The minimum atomic E-state index is -0.391. The smallest absolute Gasteiger partial charge is 0.138 e. The summed E-state index contributed by atoms with van der Waals surface area (Å²) in [5.74, 6) is 0.682. The molecular weight excluding hydrogens is 180 g/mol. The number of hydrogen-bond acceptors (Lipinski definition) is 4. The summed E-state index contributed by atoms with van der Waals surface area (Å²) in [4.78, 5) is 3.99. The lowest BCUT2D eigenvalue weighted by Crippen LogP contribution is -2.15. The molecule has 3 N–H and O–H groups in total. The van der Waals surface area contributed by atoms with Gasteiger partial charge in [-0.15, -0.1) is 0 Å². The molecular formula is C10H16N2O2. The molecule has 4 heteroatoms. The second-order valence-electron chi connectivity index (χ2n) is 3.41. The first kappa shape index (κ1) is 10.9. The van der Waals surface area contributed by atoms with Crippen molar-refractivity contribution >= 4 is 0 Å². The largest absolute Gasteiger partial charge is 0.489 e. The van der Waals surface area contributed by atoms with Crippen LogP contribution in [0.2, 0.25) is 0 Å². The predicted octanol–water partition coefficient (Wildman–Crippen LogP) is 0.861. The molecule has 1 heterocycles. The van der Waals surface area contributed by atoms with Gasteiger partial charge in [0.1, 0.15) is 5.75 Å². The number of rotatable bonds is 4. The van der Waals surface area contributed by atoms with Crippen LogP contribution < -0.4 is 10.5 Å². The fraction of sp³-hybridized carbons (Fsp3) is 0.500. The molecule has 4 nitrogen and oxygen atoms in total. The van der Waals surface area contributed by atoms with Gasteiger partial charge in [0.2, 0.25) is 0 Å². The number of ether oxygens (including phenoxy) is 1. The summed E-state index contributed by atoms with van der Waals surface area (Å²) in [6.07, 6.45) is 3.37. The lowest BCUT2D eigenvalue weighted by molar-refractivity contribution is 0.240. The molecule has 0 bridgehead atoms. The van der Waals surface area contributed by atoms with Gasteiger partial charge in [-0.3, -0.25) is 4.98 Å². The van der Waals surface area contributed by atoms with Crippen LogP contribution in [-0.4, -0.2) is 22.8 Å². The topological polar surface area (TPSA) is 68.4 Å². The molecule has 0 radical (unpaired) electrons. The van der Waals surface area contributed by atoms with Crippen LogP contribution >= 0.6 is 0 Å². The van der Waals surface area contributed by atoms with Crippen LogP contribution in [0.25, 0.3) is 0 Å². The molecule has 1 aromatic rings. The highest BCUT2D eigenvalue weighted by Gasteiger charge is 2.06. The molecule has 1 unspecified atom stereocenters. The first-order valence-corrected chi connectivity index (χ1v) is 4.61. The maximum atomic E-state index is 8.87. The van der Waals surface area contributed by atoms with Gasteiger partial charge in [-0.25, -0.2) is 0 Å². The summed E-state index contributed by atoms with van der Waals surface area (Å²) in [7, 11) is 0. The van der Waals surface area contributed by atoms with E-state index in [1.807, 2.05) is 13.8 Å². The van der Waals surface area contributed by atoms with Crippen LogP contribution in [0.1, 0.15) is 25.5 Å². The van der Waals surface area contributed by atoms with Gasteiger partial charge in [0.25, 0.3) is 0 Å². The average Bonchev–Trinajstić information content (AvgIpc) is 2.16. The number of aliphatic hydroxyl groups is 1. The molecule has 0 saturated carbocycles. The van der Waals surface area contributed by atoms with Crippen molar-refractivity contribution in [1.29, 1.82) is 0 Å². The van der Waals surface area contributed by atoms with Crippen LogP contribution in [-0.2, 0) is 0 Å². The number of nitrogens with zero attached hydrogens (tertiary/aromatic N) is 1. The zero-order valence-corrected chi connectivity index (χ0v) is 8.47. The SMILES string of the molecule is CC(C)Oc1cncc(C(N)CO)c1. The monoisotopic (exact) mass is 196 g/mol. The molecule has 0 spiro atoms. The highest BCUT2D eigenvalue weighted by Crippen LogP contribution is 2.16. The van der Waals surface area contributed by atoms with E-state index in [2.05, 4.69) is 4.98 Å². The lowest BCUT2D eigenvalue weighted by atomic mass is 10.1. The molecule has 14 heavy (non-hydrogen) atoms. The zero-order chi connectivity index (χ0) is 10.6. The van der Waals surface area contributed by atoms with Gasteiger partial charge >= 0.3 is 0 Å². The fourth-order valence-electron chi connectivity index (χ4n) is 1.08. The van der Waals surface area contributed by atoms with E-state index >= 15 is 0 Å². The maximum absolute atomic E-state index is 8.87. The van der Waals surface area contributed by atoms with Crippen molar-refractivity contribution in [3.8, 4) is 5.75 Å². The van der Waals surface area contributed by atoms with Gasteiger partial charge in [0, 0.05) is 6.20 Å². The van der Waals surface area contributed by atoms with Crippen molar-refractivity contribution in [3.05, 3.63) is 24.0 Å². The van der Waals surface area contributed by atoms with E-state index in [-0.39, 0.29) is 12.7 Å². The van der Waals surface area contributed by atoms with Crippen molar-refractivity contribution in [2.45, 2.75) is 26.0 Å². The second kappa shape index (κ2) is 4.93. The zero-order valence-electron chi connectivity index (χ0n) is 8.47. The summed E-state index contributed by atoms with van der Waals surface area (Å²) in [5, 5.41) is 8.87. The van der Waals surface area contributed by atoms with E-state index in [1.54, 1.807) is 18.5 Å². The number of aromatic nitrogens is 1. The Labute approximate surface area is 83.7 Å². The summed E-state index contributed by atoms with van der Waals surface area (Å²) >= 11 is 0. The van der Waals surface area contributed by atoms with Crippen LogP contribution in [0.3, 0.4) is 0 Å². The average molecular weight is 196 g/mol. The molecule has 1 aromatic heterocycles. The molecule has 0 amide bonds. The van der Waals surface area contributed by atoms with Gasteiger partial charge in [-0.1, -0.05) is 0 Å². The molecule has 0 saturated heterocycles. The molecule has 1 atom stereocenters. The normalized spacial score (nSPS) is 12.9. The van der Waals surface area contributed by atoms with Gasteiger partial charge in [-0.05, 0) is 25.5 Å². The third kappa shape index (κ3) is 2.97. The van der Waals surface area contributed by atoms with Crippen LogP contribution in [0.15, 0.2) is 18.5 Å². The molecule has 78 valence electrons. The van der Waals surface area contributed by atoms with Gasteiger partial charge in [0.05, 0.1) is 24.9 Å². The molecule has 0 aliphatic carbocycles. The van der Waals surface area contributed by atoms with E-state index in [9.17, 15) is 0 Å². The highest BCUT2D eigenvalue weighted by atomic mass is 16.5. The predicted molar refractivity (Wildman–Crippen MR) is 54.0 cm³/mol. The Kier molecular flexibility index (Phi) is 3.85. The van der Waals surface area contributed by atoms with Gasteiger partial charge in [0.15, 0.2) is 0 Å². The molecule has 1 rings (SSSR count). The Balaban J connectivity index is 2.78. The second-order valence-corrected chi connectivity index (χ2v) is 3.41. The van der Waals surface area contributed by atoms with Crippen molar-refractivity contribution in [2.24, 2.45) is 5.73 Å². The van der Waals surface area contributed by atoms with E-state index in [0.29, 0.717) is 5.75 Å². The maximum Gasteiger partial charge on any atom is 0.138 e. The minimum absolute atomic E-state index is 0.0905. The third-order valence-corrected chi connectivity index (χ3v) is 1.73. The Morgan fingerprint density at radius 2 is 2.21 bits per heavy atom. The van der Waals surface area contributed by atoms with E-state index < -0.39 is 6.04 Å². The molecule has 0 fully saturated rings. The Bertz CT molecular complexity index is 289. The first-order valence-electron chi connectivity index (χ1n) is 4.61. The highest BCUT2D eigenvalue weighted by molar-refractivity contribution is 5.25. The number of aliphatic hydroxyl groups excluding tert-OH is 1. The van der Waals surface area contributed by atoms with E-state index in [1.165, 1.54) is 0 Å². The Morgan fingerprint density at radius 1 is 1.50 bits per heavy atom. The van der Waals surface area contributed by atoms with Crippen LogP contribution in [0.5, 0.6) is 5.75 Å². The lowest BCUT2D eigenvalue weighted by Gasteiger charge is -2.12. The van der Waals surface area contributed by atoms with Gasteiger partial charge < -0.3 is 15.6 Å². The van der Waals surface area contributed by atoms with Crippen molar-refractivity contribution in [2.75, 3.05) is 6.61 Å². The summed E-state index contributed by atoms with van der Waals surface area (Å²) in [6, 6.07) is 1.41. The van der Waals surface area contributed by atoms with E-state index in [4.69, 9.17) is 15.6 Å². The van der Waals surface area contributed by atoms with Crippen LogP contribution in [0, 0.1) is 0 Å². The fourth-order valence-corrected chi connectivity index (χ4v) is 1.08. The third-order valence-electron chi connectivity index (χ3n) is 1.73. The molecule has 0 aliphatic rings. The molecule has 0 aromatic carbocycles. The molecule has 0 aliphatic heterocycles. The number of pyridine rings is 1. The summed E-state index contributed by atoms with van der Waals surface area (Å²) in [5.41, 5.74) is 6.43. The Morgan fingerprint density at radius 3 is 2.79 bits per heavy atom.